The molecule has 1 N–H and O–H groups in total. The van der Waals surface area contributed by atoms with E-state index in [0.29, 0.717) is 0 Å². The number of carbonyl (C=O) groups is 1. The molecular formula is C20H31N5O. The molecule has 142 valence electrons. The van der Waals surface area contributed by atoms with Crippen LogP contribution in [-0.4, -0.2) is 66.1 Å². The molecule has 1 aromatic heterocycles. The van der Waals surface area contributed by atoms with E-state index in [1.807, 2.05) is 23.2 Å². The molecule has 26 heavy (non-hydrogen) atoms. The molecule has 0 unspecified atom stereocenters. The Morgan fingerprint density at radius 1 is 0.962 bits per heavy atom. The molecule has 6 nitrogen and oxygen atoms in total. The number of anilines is 2. The van der Waals surface area contributed by atoms with E-state index in [4.69, 9.17) is 0 Å². The molecule has 1 saturated carbocycles. The third kappa shape index (κ3) is 4.11. The van der Waals surface area contributed by atoms with Gasteiger partial charge >= 0.3 is 6.03 Å². The second-order valence-corrected chi connectivity index (χ2v) is 7.84. The van der Waals surface area contributed by atoms with Gasteiger partial charge in [0.1, 0.15) is 5.82 Å². The molecule has 2 amide bonds. The number of hydrogen-bond acceptors (Lipinski definition) is 4. The van der Waals surface area contributed by atoms with Gasteiger partial charge in [0.25, 0.3) is 0 Å². The first-order valence-electron chi connectivity index (χ1n) is 10.3. The SMILES string of the molecule is O=C(Nc1ccnc(N2CCN(C3CCCC3)CC2)c1)N1CCCCC1. The molecule has 6 heteroatoms. The first kappa shape index (κ1) is 17.6. The van der Waals surface area contributed by atoms with Crippen LogP contribution < -0.4 is 10.2 Å². The van der Waals surface area contributed by atoms with Gasteiger partial charge in [0, 0.05) is 63.3 Å². The molecular weight excluding hydrogens is 326 g/mol. The van der Waals surface area contributed by atoms with Crippen molar-refractivity contribution in [3.8, 4) is 0 Å². The van der Waals surface area contributed by atoms with Crippen molar-refractivity contribution in [2.75, 3.05) is 49.5 Å². The van der Waals surface area contributed by atoms with Crippen LogP contribution in [0.2, 0.25) is 0 Å². The highest BCUT2D eigenvalue weighted by Crippen LogP contribution is 2.26. The number of piperidine rings is 1. The van der Waals surface area contributed by atoms with E-state index >= 15 is 0 Å². The molecule has 1 aliphatic carbocycles. The summed E-state index contributed by atoms with van der Waals surface area (Å²) in [7, 11) is 0. The molecule has 0 atom stereocenters. The van der Waals surface area contributed by atoms with E-state index in [2.05, 4.69) is 20.1 Å². The second kappa shape index (κ2) is 8.25. The number of urea groups is 1. The van der Waals surface area contributed by atoms with Crippen molar-refractivity contribution in [1.29, 1.82) is 0 Å². The monoisotopic (exact) mass is 357 g/mol. The fraction of sp³-hybridized carbons (Fsp3) is 0.700. The van der Waals surface area contributed by atoms with Crippen LogP contribution in [0, 0.1) is 0 Å². The van der Waals surface area contributed by atoms with Crippen molar-refractivity contribution >= 4 is 17.5 Å². The maximum Gasteiger partial charge on any atom is 0.321 e. The predicted octanol–water partition coefficient (Wildman–Crippen LogP) is 3.16. The van der Waals surface area contributed by atoms with Gasteiger partial charge in [-0.1, -0.05) is 12.8 Å². The summed E-state index contributed by atoms with van der Waals surface area (Å²) in [6.45, 7) is 6.02. The van der Waals surface area contributed by atoms with Crippen molar-refractivity contribution in [2.45, 2.75) is 51.0 Å². The third-order valence-corrected chi connectivity index (χ3v) is 6.12. The van der Waals surface area contributed by atoms with Crippen molar-refractivity contribution in [3.63, 3.8) is 0 Å². The van der Waals surface area contributed by atoms with Gasteiger partial charge in [-0.25, -0.2) is 9.78 Å². The predicted molar refractivity (Wildman–Crippen MR) is 105 cm³/mol. The average Bonchev–Trinajstić information content (AvgIpc) is 3.24. The molecule has 0 bridgehead atoms. The lowest BCUT2D eigenvalue weighted by atomic mass is 10.1. The van der Waals surface area contributed by atoms with Crippen LogP contribution in [0.1, 0.15) is 44.9 Å². The molecule has 1 aromatic rings. The molecule has 0 radical (unpaired) electrons. The summed E-state index contributed by atoms with van der Waals surface area (Å²) in [6, 6.07) is 4.74. The summed E-state index contributed by atoms with van der Waals surface area (Å²) in [5.74, 6) is 0.979. The highest BCUT2D eigenvalue weighted by molar-refractivity contribution is 5.89. The summed E-state index contributed by atoms with van der Waals surface area (Å²) in [5.41, 5.74) is 0.851. The highest BCUT2D eigenvalue weighted by Gasteiger charge is 2.26. The minimum atomic E-state index is 0.0212. The van der Waals surface area contributed by atoms with Crippen LogP contribution in [-0.2, 0) is 0 Å². The summed E-state index contributed by atoms with van der Waals surface area (Å²) < 4.78 is 0. The zero-order valence-corrected chi connectivity index (χ0v) is 15.7. The zero-order valence-electron chi connectivity index (χ0n) is 15.7. The van der Waals surface area contributed by atoms with Crippen molar-refractivity contribution in [1.82, 2.24) is 14.8 Å². The van der Waals surface area contributed by atoms with Crippen LogP contribution in [0.25, 0.3) is 0 Å². The van der Waals surface area contributed by atoms with Crippen LogP contribution >= 0.6 is 0 Å². The maximum absolute atomic E-state index is 12.4. The van der Waals surface area contributed by atoms with Gasteiger partial charge in [0.05, 0.1) is 0 Å². The van der Waals surface area contributed by atoms with Gasteiger partial charge in [0.15, 0.2) is 0 Å². The smallest absolute Gasteiger partial charge is 0.321 e. The number of hydrogen-bond donors (Lipinski definition) is 1. The van der Waals surface area contributed by atoms with E-state index < -0.39 is 0 Å². The molecule has 3 heterocycles. The quantitative estimate of drug-likeness (QED) is 0.903. The van der Waals surface area contributed by atoms with Crippen molar-refractivity contribution in [2.24, 2.45) is 0 Å². The lowest BCUT2D eigenvalue weighted by molar-refractivity contribution is 0.187. The molecule has 3 fully saturated rings. The zero-order chi connectivity index (χ0) is 17.8. The number of piperazine rings is 1. The number of aromatic nitrogens is 1. The number of likely N-dealkylation sites (tertiary alicyclic amines) is 1. The highest BCUT2D eigenvalue weighted by atomic mass is 16.2. The number of nitrogens with one attached hydrogen (secondary N) is 1. The topological polar surface area (TPSA) is 51.7 Å². The Hall–Kier alpha value is -1.82. The lowest BCUT2D eigenvalue weighted by Gasteiger charge is -2.38. The number of pyridine rings is 1. The third-order valence-electron chi connectivity index (χ3n) is 6.12. The van der Waals surface area contributed by atoms with E-state index in [9.17, 15) is 4.79 Å². The Balaban J connectivity index is 1.33. The fourth-order valence-electron chi connectivity index (χ4n) is 4.55. The summed E-state index contributed by atoms with van der Waals surface area (Å²) >= 11 is 0. The molecule has 0 spiro atoms. The number of rotatable bonds is 3. The Labute approximate surface area is 156 Å². The first-order chi connectivity index (χ1) is 12.8. The Bertz CT molecular complexity index is 602. The molecule has 3 aliphatic rings. The number of amides is 2. The van der Waals surface area contributed by atoms with E-state index in [1.54, 1.807) is 0 Å². The Morgan fingerprint density at radius 3 is 2.42 bits per heavy atom. The number of carbonyl (C=O) groups excluding carboxylic acids is 1. The normalized spacial score (nSPS) is 22.6. The van der Waals surface area contributed by atoms with Crippen LogP contribution in [0.3, 0.4) is 0 Å². The summed E-state index contributed by atoms with van der Waals surface area (Å²) in [4.78, 5) is 23.9. The van der Waals surface area contributed by atoms with Crippen molar-refractivity contribution in [3.05, 3.63) is 18.3 Å². The van der Waals surface area contributed by atoms with Gasteiger partial charge in [-0.05, 0) is 38.2 Å². The maximum atomic E-state index is 12.4. The Kier molecular flexibility index (Phi) is 5.58. The molecule has 0 aromatic carbocycles. The van der Waals surface area contributed by atoms with E-state index in [1.165, 1.54) is 32.1 Å². The first-order valence-corrected chi connectivity index (χ1v) is 10.3. The van der Waals surface area contributed by atoms with Crippen LogP contribution in [0.4, 0.5) is 16.3 Å². The molecule has 2 aliphatic heterocycles. The van der Waals surface area contributed by atoms with E-state index in [0.717, 1.165) is 69.7 Å². The van der Waals surface area contributed by atoms with E-state index in [-0.39, 0.29) is 6.03 Å². The van der Waals surface area contributed by atoms with Gasteiger partial charge in [-0.2, -0.15) is 0 Å². The van der Waals surface area contributed by atoms with Gasteiger partial charge < -0.3 is 15.1 Å². The molecule has 2 saturated heterocycles. The second-order valence-electron chi connectivity index (χ2n) is 7.84. The van der Waals surface area contributed by atoms with Crippen LogP contribution in [0.15, 0.2) is 18.3 Å². The molecule has 4 rings (SSSR count). The minimum absolute atomic E-state index is 0.0212. The Morgan fingerprint density at radius 2 is 1.69 bits per heavy atom. The largest absolute Gasteiger partial charge is 0.354 e. The van der Waals surface area contributed by atoms with Gasteiger partial charge in [0.2, 0.25) is 0 Å². The standard InChI is InChI=1S/C20H31N5O/c26-20(25-10-4-1-5-11-25)22-17-8-9-21-19(16-17)24-14-12-23(13-15-24)18-6-2-3-7-18/h8-9,16,18H,1-7,10-15H2,(H,21,22,26). The fourth-order valence-corrected chi connectivity index (χ4v) is 4.55. The van der Waals surface area contributed by atoms with Crippen molar-refractivity contribution < 1.29 is 4.79 Å². The van der Waals surface area contributed by atoms with Gasteiger partial charge in [-0.15, -0.1) is 0 Å². The number of nitrogens with zero attached hydrogens (tertiary/aromatic N) is 4. The minimum Gasteiger partial charge on any atom is -0.354 e. The summed E-state index contributed by atoms with van der Waals surface area (Å²) in [5, 5.41) is 3.05. The average molecular weight is 358 g/mol. The lowest BCUT2D eigenvalue weighted by Crippen LogP contribution is -2.50. The summed E-state index contributed by atoms with van der Waals surface area (Å²) in [6.07, 6.45) is 10.8. The van der Waals surface area contributed by atoms with Crippen LogP contribution in [0.5, 0.6) is 0 Å². The van der Waals surface area contributed by atoms with Gasteiger partial charge in [-0.3, -0.25) is 4.90 Å².